The monoisotopic (exact) mass is 197 g/mol. The van der Waals surface area contributed by atoms with Crippen LogP contribution in [-0.4, -0.2) is 25.1 Å². The van der Waals surface area contributed by atoms with Crippen LogP contribution in [0.25, 0.3) is 0 Å². The highest BCUT2D eigenvalue weighted by Gasteiger charge is 2.22. The van der Waals surface area contributed by atoms with Crippen molar-refractivity contribution in [3.05, 3.63) is 34.9 Å². The van der Waals surface area contributed by atoms with E-state index in [1.165, 1.54) is 5.56 Å². The summed E-state index contributed by atoms with van der Waals surface area (Å²) >= 11 is 5.80. The zero-order valence-electron chi connectivity index (χ0n) is 7.53. The second-order valence-electron chi connectivity index (χ2n) is 3.26. The zero-order valence-corrected chi connectivity index (χ0v) is 8.29. The Morgan fingerprint density at radius 1 is 1.38 bits per heavy atom. The first-order chi connectivity index (χ1) is 6.27. The lowest BCUT2D eigenvalue weighted by Crippen LogP contribution is -2.18. The summed E-state index contributed by atoms with van der Waals surface area (Å²) in [6.45, 7) is 1.80. The Morgan fingerprint density at radius 2 is 2.08 bits per heavy atom. The van der Waals surface area contributed by atoms with E-state index in [-0.39, 0.29) is 6.23 Å². The van der Waals surface area contributed by atoms with Gasteiger partial charge in [-0.25, -0.2) is 0 Å². The van der Waals surface area contributed by atoms with Gasteiger partial charge in [0.15, 0.2) is 0 Å². The quantitative estimate of drug-likeness (QED) is 0.685. The highest BCUT2D eigenvalue weighted by Crippen LogP contribution is 2.25. The molecule has 13 heavy (non-hydrogen) atoms. The first-order valence-electron chi connectivity index (χ1n) is 4.35. The van der Waals surface area contributed by atoms with E-state index in [1.54, 1.807) is 0 Å². The second-order valence-corrected chi connectivity index (χ2v) is 3.69. The number of likely N-dealkylation sites (N-methyl/N-ethyl adjacent to an activating group) is 1. The van der Waals surface area contributed by atoms with E-state index in [2.05, 4.69) is 11.9 Å². The van der Waals surface area contributed by atoms with Crippen molar-refractivity contribution in [3.8, 4) is 0 Å². The van der Waals surface area contributed by atoms with Gasteiger partial charge in [-0.2, -0.15) is 0 Å². The molecule has 0 aromatic heterocycles. The molecule has 0 bridgehead atoms. The van der Waals surface area contributed by atoms with E-state index in [4.69, 9.17) is 16.3 Å². The smallest absolute Gasteiger partial charge is 0.136 e. The molecule has 0 N–H and O–H groups in total. The molecule has 2 rings (SSSR count). The maximum atomic E-state index is 5.80. The van der Waals surface area contributed by atoms with Gasteiger partial charge in [-0.15, -0.1) is 0 Å². The van der Waals surface area contributed by atoms with Crippen LogP contribution in [0.2, 0.25) is 5.02 Å². The minimum Gasteiger partial charge on any atom is -0.358 e. The van der Waals surface area contributed by atoms with Crippen molar-refractivity contribution in [2.45, 2.75) is 6.23 Å². The molecule has 0 amide bonds. The van der Waals surface area contributed by atoms with Gasteiger partial charge in [0.05, 0.1) is 6.61 Å². The molecular formula is C10H12ClNO. The molecule has 0 spiro atoms. The molecule has 1 aromatic carbocycles. The topological polar surface area (TPSA) is 12.5 Å². The fourth-order valence-electron chi connectivity index (χ4n) is 1.53. The Hall–Kier alpha value is -0.570. The van der Waals surface area contributed by atoms with E-state index in [0.717, 1.165) is 18.2 Å². The van der Waals surface area contributed by atoms with Crippen LogP contribution in [0.5, 0.6) is 0 Å². The zero-order chi connectivity index (χ0) is 9.26. The number of benzene rings is 1. The average Bonchev–Trinajstić information content (AvgIpc) is 2.53. The van der Waals surface area contributed by atoms with Gasteiger partial charge in [0, 0.05) is 11.6 Å². The molecule has 1 aliphatic heterocycles. The van der Waals surface area contributed by atoms with Crippen LogP contribution >= 0.6 is 11.6 Å². The number of hydrogen-bond donors (Lipinski definition) is 0. The lowest BCUT2D eigenvalue weighted by molar-refractivity contribution is 0.0454. The van der Waals surface area contributed by atoms with Crippen molar-refractivity contribution >= 4 is 11.6 Å². The number of rotatable bonds is 1. The molecule has 1 saturated heterocycles. The largest absolute Gasteiger partial charge is 0.358 e. The van der Waals surface area contributed by atoms with E-state index in [1.807, 2.05) is 24.3 Å². The van der Waals surface area contributed by atoms with Crippen molar-refractivity contribution in [3.63, 3.8) is 0 Å². The molecule has 0 radical (unpaired) electrons. The van der Waals surface area contributed by atoms with Crippen LogP contribution in [0, 0.1) is 0 Å². The van der Waals surface area contributed by atoms with Crippen molar-refractivity contribution < 1.29 is 4.74 Å². The van der Waals surface area contributed by atoms with Crippen molar-refractivity contribution in [2.24, 2.45) is 0 Å². The van der Waals surface area contributed by atoms with Gasteiger partial charge >= 0.3 is 0 Å². The minimum absolute atomic E-state index is 0.109. The summed E-state index contributed by atoms with van der Waals surface area (Å²) in [5.41, 5.74) is 1.17. The second kappa shape index (κ2) is 3.66. The molecule has 1 aliphatic rings. The molecule has 2 nitrogen and oxygen atoms in total. The van der Waals surface area contributed by atoms with Gasteiger partial charge in [0.2, 0.25) is 0 Å². The first-order valence-corrected chi connectivity index (χ1v) is 4.72. The molecule has 0 saturated carbocycles. The third-order valence-electron chi connectivity index (χ3n) is 2.28. The SMILES string of the molecule is CN1CCOC1c1ccc(Cl)cc1. The highest BCUT2D eigenvalue weighted by molar-refractivity contribution is 6.30. The van der Waals surface area contributed by atoms with Crippen LogP contribution in [0.15, 0.2) is 24.3 Å². The van der Waals surface area contributed by atoms with Crippen LogP contribution in [0.4, 0.5) is 0 Å². The summed E-state index contributed by atoms with van der Waals surface area (Å²) in [6, 6.07) is 7.81. The van der Waals surface area contributed by atoms with Gasteiger partial charge in [-0.1, -0.05) is 23.7 Å². The molecule has 70 valence electrons. The Kier molecular flexibility index (Phi) is 2.54. The summed E-state index contributed by atoms with van der Waals surface area (Å²) in [6.07, 6.45) is 0.109. The van der Waals surface area contributed by atoms with Crippen molar-refractivity contribution in [2.75, 3.05) is 20.2 Å². The minimum atomic E-state index is 0.109. The van der Waals surface area contributed by atoms with Crippen LogP contribution < -0.4 is 0 Å². The Balaban J connectivity index is 2.20. The molecule has 1 heterocycles. The summed E-state index contributed by atoms with van der Waals surface area (Å²) in [5, 5.41) is 0.768. The lowest BCUT2D eigenvalue weighted by Gasteiger charge is -2.17. The summed E-state index contributed by atoms with van der Waals surface area (Å²) < 4.78 is 5.57. The predicted octanol–water partition coefficient (Wildman–Crippen LogP) is 2.30. The third-order valence-corrected chi connectivity index (χ3v) is 2.53. The van der Waals surface area contributed by atoms with Crippen LogP contribution in [0.1, 0.15) is 11.8 Å². The van der Waals surface area contributed by atoms with E-state index in [9.17, 15) is 0 Å². The molecule has 1 atom stereocenters. The first kappa shape index (κ1) is 9.00. The lowest BCUT2D eigenvalue weighted by atomic mass is 10.2. The standard InChI is InChI=1S/C10H12ClNO/c1-12-6-7-13-10(12)8-2-4-9(11)5-3-8/h2-5,10H,6-7H2,1H3. The molecule has 1 unspecified atom stereocenters. The molecule has 1 aromatic rings. The fourth-order valence-corrected chi connectivity index (χ4v) is 1.66. The Bertz CT molecular complexity index is 285. The summed E-state index contributed by atoms with van der Waals surface area (Å²) in [4.78, 5) is 2.18. The predicted molar refractivity (Wildman–Crippen MR) is 52.8 cm³/mol. The third kappa shape index (κ3) is 1.85. The van der Waals surface area contributed by atoms with Gasteiger partial charge in [-0.05, 0) is 24.7 Å². The highest BCUT2D eigenvalue weighted by atomic mass is 35.5. The van der Waals surface area contributed by atoms with Crippen molar-refractivity contribution in [1.29, 1.82) is 0 Å². The van der Waals surface area contributed by atoms with E-state index < -0.39 is 0 Å². The normalized spacial score (nSPS) is 23.7. The van der Waals surface area contributed by atoms with Crippen LogP contribution in [0.3, 0.4) is 0 Å². The van der Waals surface area contributed by atoms with E-state index in [0.29, 0.717) is 0 Å². The summed E-state index contributed by atoms with van der Waals surface area (Å²) in [7, 11) is 2.06. The number of hydrogen-bond acceptors (Lipinski definition) is 2. The van der Waals surface area contributed by atoms with E-state index >= 15 is 0 Å². The van der Waals surface area contributed by atoms with Gasteiger partial charge < -0.3 is 4.74 Å². The maximum Gasteiger partial charge on any atom is 0.136 e. The molecule has 0 aliphatic carbocycles. The number of nitrogens with zero attached hydrogens (tertiary/aromatic N) is 1. The molecule has 1 fully saturated rings. The summed E-state index contributed by atoms with van der Waals surface area (Å²) in [5.74, 6) is 0. The fraction of sp³-hybridized carbons (Fsp3) is 0.400. The van der Waals surface area contributed by atoms with Crippen LogP contribution in [-0.2, 0) is 4.74 Å². The van der Waals surface area contributed by atoms with Gasteiger partial charge in [0.25, 0.3) is 0 Å². The van der Waals surface area contributed by atoms with Gasteiger partial charge in [-0.3, -0.25) is 4.90 Å². The maximum absolute atomic E-state index is 5.80. The molecule has 3 heteroatoms. The molecular weight excluding hydrogens is 186 g/mol. The number of halogens is 1. The number of ether oxygens (including phenoxy) is 1. The Labute approximate surface area is 83.1 Å². The Morgan fingerprint density at radius 3 is 2.62 bits per heavy atom. The van der Waals surface area contributed by atoms with Gasteiger partial charge in [0.1, 0.15) is 6.23 Å². The average molecular weight is 198 g/mol. The van der Waals surface area contributed by atoms with Crippen molar-refractivity contribution in [1.82, 2.24) is 4.90 Å².